The first-order chi connectivity index (χ1) is 8.70. The van der Waals surface area contributed by atoms with Crippen molar-refractivity contribution in [1.82, 2.24) is 5.32 Å². The molecule has 0 bridgehead atoms. The number of ether oxygens (including phenoxy) is 1. The van der Waals surface area contributed by atoms with Crippen LogP contribution in [0.5, 0.6) is 5.75 Å². The lowest BCUT2D eigenvalue weighted by molar-refractivity contribution is -0.120. The standard InChI is InChI=1S/C13H17ClN2O2.ClH/c1-18-12-5-4-10(14)7-11(12)16-13(17)9-3-2-6-15-8-9;/h4-5,7,9,15H,2-3,6,8H2,1H3,(H,16,17);1H. The molecular formula is C13H18Cl2N2O2. The molecule has 1 unspecified atom stereocenters. The average molecular weight is 305 g/mol. The van der Waals surface area contributed by atoms with Gasteiger partial charge in [0.2, 0.25) is 5.91 Å². The third kappa shape index (κ3) is 4.27. The second kappa shape index (κ2) is 7.58. The van der Waals surface area contributed by atoms with Gasteiger partial charge < -0.3 is 15.4 Å². The largest absolute Gasteiger partial charge is 0.495 e. The summed E-state index contributed by atoms with van der Waals surface area (Å²) in [6.07, 6.45) is 1.95. The van der Waals surface area contributed by atoms with E-state index in [2.05, 4.69) is 10.6 Å². The van der Waals surface area contributed by atoms with Crippen LogP contribution in [-0.4, -0.2) is 26.1 Å². The lowest BCUT2D eigenvalue weighted by atomic mass is 9.99. The molecule has 2 rings (SSSR count). The van der Waals surface area contributed by atoms with Crippen molar-refractivity contribution < 1.29 is 9.53 Å². The molecule has 1 aliphatic rings. The van der Waals surface area contributed by atoms with E-state index in [1.54, 1.807) is 25.3 Å². The van der Waals surface area contributed by atoms with Crippen molar-refractivity contribution in [2.45, 2.75) is 12.8 Å². The second-order valence-electron chi connectivity index (χ2n) is 4.38. The van der Waals surface area contributed by atoms with Crippen molar-refractivity contribution in [3.8, 4) is 5.75 Å². The van der Waals surface area contributed by atoms with Crippen molar-refractivity contribution in [2.24, 2.45) is 5.92 Å². The van der Waals surface area contributed by atoms with Gasteiger partial charge in [0.05, 0.1) is 18.7 Å². The molecule has 1 aromatic rings. The van der Waals surface area contributed by atoms with Crippen LogP contribution >= 0.6 is 24.0 Å². The highest BCUT2D eigenvalue weighted by Crippen LogP contribution is 2.28. The fourth-order valence-electron chi connectivity index (χ4n) is 2.09. The van der Waals surface area contributed by atoms with E-state index in [0.717, 1.165) is 25.9 Å². The first-order valence-electron chi connectivity index (χ1n) is 6.06. The predicted octanol–water partition coefficient (Wildman–Crippen LogP) is 2.71. The fourth-order valence-corrected chi connectivity index (χ4v) is 2.26. The van der Waals surface area contributed by atoms with Crippen LogP contribution in [0.3, 0.4) is 0 Å². The maximum atomic E-state index is 12.1. The van der Waals surface area contributed by atoms with E-state index in [0.29, 0.717) is 16.5 Å². The molecule has 6 heteroatoms. The average Bonchev–Trinajstić information content (AvgIpc) is 2.40. The summed E-state index contributed by atoms with van der Waals surface area (Å²) in [7, 11) is 1.57. The number of hydrogen-bond acceptors (Lipinski definition) is 3. The van der Waals surface area contributed by atoms with Crippen molar-refractivity contribution >= 4 is 35.6 Å². The van der Waals surface area contributed by atoms with E-state index in [1.165, 1.54) is 0 Å². The monoisotopic (exact) mass is 304 g/mol. The summed E-state index contributed by atoms with van der Waals surface area (Å²) in [6, 6.07) is 5.18. The van der Waals surface area contributed by atoms with Crippen LogP contribution in [0.25, 0.3) is 0 Å². The second-order valence-corrected chi connectivity index (χ2v) is 4.81. The number of methoxy groups -OCH3 is 1. The Labute approximate surface area is 124 Å². The molecule has 0 saturated carbocycles. The number of hydrogen-bond donors (Lipinski definition) is 2. The van der Waals surface area contributed by atoms with Crippen LogP contribution in [0.2, 0.25) is 5.02 Å². The van der Waals surface area contributed by atoms with Crippen molar-refractivity contribution in [3.05, 3.63) is 23.2 Å². The summed E-state index contributed by atoms with van der Waals surface area (Å²) >= 11 is 5.92. The zero-order chi connectivity index (χ0) is 13.0. The number of carbonyl (C=O) groups excluding carboxylic acids is 1. The van der Waals surface area contributed by atoms with Gasteiger partial charge in [-0.2, -0.15) is 0 Å². The molecule has 4 nitrogen and oxygen atoms in total. The molecule has 0 aliphatic carbocycles. The van der Waals surface area contributed by atoms with Gasteiger partial charge in [0, 0.05) is 11.6 Å². The van der Waals surface area contributed by atoms with Crippen molar-refractivity contribution in [2.75, 3.05) is 25.5 Å². The zero-order valence-corrected chi connectivity index (χ0v) is 12.3. The van der Waals surface area contributed by atoms with Crippen LogP contribution in [0.15, 0.2) is 18.2 Å². The SMILES string of the molecule is COc1ccc(Cl)cc1NC(=O)C1CCCNC1.Cl. The number of piperidine rings is 1. The number of halogens is 2. The fraction of sp³-hybridized carbons (Fsp3) is 0.462. The summed E-state index contributed by atoms with van der Waals surface area (Å²) in [5, 5.41) is 6.68. The van der Waals surface area contributed by atoms with Gasteiger partial charge in [0.1, 0.15) is 5.75 Å². The van der Waals surface area contributed by atoms with E-state index in [-0.39, 0.29) is 24.2 Å². The molecule has 1 amide bonds. The molecule has 0 radical (unpaired) electrons. The van der Waals surface area contributed by atoms with Crippen molar-refractivity contribution in [1.29, 1.82) is 0 Å². The molecule has 2 N–H and O–H groups in total. The number of benzene rings is 1. The first-order valence-corrected chi connectivity index (χ1v) is 6.43. The Bertz CT molecular complexity index is 435. The van der Waals surface area contributed by atoms with Crippen LogP contribution in [0.1, 0.15) is 12.8 Å². The van der Waals surface area contributed by atoms with Gasteiger partial charge in [-0.25, -0.2) is 0 Å². The summed E-state index contributed by atoms with van der Waals surface area (Å²) in [5.41, 5.74) is 0.626. The minimum Gasteiger partial charge on any atom is -0.495 e. The molecule has 0 aromatic heterocycles. The van der Waals surface area contributed by atoms with Gasteiger partial charge in [-0.3, -0.25) is 4.79 Å². The van der Waals surface area contributed by atoms with Gasteiger partial charge in [-0.1, -0.05) is 11.6 Å². The Kier molecular flexibility index (Phi) is 6.42. The highest BCUT2D eigenvalue weighted by molar-refractivity contribution is 6.31. The van der Waals surface area contributed by atoms with Crippen LogP contribution in [0.4, 0.5) is 5.69 Å². The molecule has 1 fully saturated rings. The quantitative estimate of drug-likeness (QED) is 0.903. The van der Waals surface area contributed by atoms with Gasteiger partial charge in [0.15, 0.2) is 0 Å². The zero-order valence-electron chi connectivity index (χ0n) is 10.7. The van der Waals surface area contributed by atoms with E-state index < -0.39 is 0 Å². The van der Waals surface area contributed by atoms with Gasteiger partial charge in [-0.15, -0.1) is 12.4 Å². The summed E-state index contributed by atoms with van der Waals surface area (Å²) in [5.74, 6) is 0.654. The van der Waals surface area contributed by atoms with Crippen LogP contribution in [-0.2, 0) is 4.79 Å². The summed E-state index contributed by atoms with van der Waals surface area (Å²) < 4.78 is 5.20. The lowest BCUT2D eigenvalue weighted by Gasteiger charge is -2.22. The molecule has 106 valence electrons. The maximum absolute atomic E-state index is 12.1. The number of rotatable bonds is 3. The molecule has 1 heterocycles. The Hall–Kier alpha value is -0.970. The minimum atomic E-state index is 0. The predicted molar refractivity (Wildman–Crippen MR) is 79.5 cm³/mol. The topological polar surface area (TPSA) is 50.4 Å². The number of amides is 1. The maximum Gasteiger partial charge on any atom is 0.228 e. The number of anilines is 1. The van der Waals surface area contributed by atoms with Gasteiger partial charge in [0.25, 0.3) is 0 Å². The smallest absolute Gasteiger partial charge is 0.228 e. The van der Waals surface area contributed by atoms with E-state index in [4.69, 9.17) is 16.3 Å². The normalized spacial score (nSPS) is 18.3. The Morgan fingerprint density at radius 3 is 2.95 bits per heavy atom. The third-order valence-corrected chi connectivity index (χ3v) is 3.32. The van der Waals surface area contributed by atoms with Crippen LogP contribution < -0.4 is 15.4 Å². The molecule has 1 saturated heterocycles. The lowest BCUT2D eigenvalue weighted by Crippen LogP contribution is -2.37. The number of nitrogens with one attached hydrogen (secondary N) is 2. The molecule has 1 aliphatic heterocycles. The van der Waals surface area contributed by atoms with E-state index in [1.807, 2.05) is 0 Å². The molecular weight excluding hydrogens is 287 g/mol. The van der Waals surface area contributed by atoms with E-state index >= 15 is 0 Å². The van der Waals surface area contributed by atoms with Crippen molar-refractivity contribution in [3.63, 3.8) is 0 Å². The molecule has 1 aromatic carbocycles. The summed E-state index contributed by atoms with van der Waals surface area (Å²) in [6.45, 7) is 1.72. The third-order valence-electron chi connectivity index (χ3n) is 3.09. The van der Waals surface area contributed by atoms with E-state index in [9.17, 15) is 4.79 Å². The van der Waals surface area contributed by atoms with Gasteiger partial charge >= 0.3 is 0 Å². The Morgan fingerprint density at radius 2 is 2.32 bits per heavy atom. The Balaban J connectivity index is 0.00000180. The molecule has 1 atom stereocenters. The molecule has 19 heavy (non-hydrogen) atoms. The first kappa shape index (κ1) is 16.1. The van der Waals surface area contributed by atoms with Crippen LogP contribution in [0, 0.1) is 5.92 Å². The number of carbonyl (C=O) groups is 1. The Morgan fingerprint density at radius 1 is 1.53 bits per heavy atom. The summed E-state index contributed by atoms with van der Waals surface area (Å²) in [4.78, 5) is 12.1. The van der Waals surface area contributed by atoms with Gasteiger partial charge in [-0.05, 0) is 37.6 Å². The molecule has 0 spiro atoms. The highest BCUT2D eigenvalue weighted by Gasteiger charge is 2.21. The minimum absolute atomic E-state index is 0. The highest BCUT2D eigenvalue weighted by atomic mass is 35.5.